The number of hydrogen-bond donors (Lipinski definition) is 2. The molecule has 4 heteroatoms. The second-order valence-corrected chi connectivity index (χ2v) is 5.14. The summed E-state index contributed by atoms with van der Waals surface area (Å²) >= 11 is 0. The molecule has 0 atom stereocenters. The van der Waals surface area contributed by atoms with Crippen molar-refractivity contribution < 1.29 is 14.7 Å². The molecule has 98 valence electrons. The minimum atomic E-state index is -0.966. The van der Waals surface area contributed by atoms with Crippen LogP contribution in [-0.2, 0) is 4.79 Å². The van der Waals surface area contributed by atoms with Crippen LogP contribution in [0.2, 0.25) is 0 Å². The first-order valence-corrected chi connectivity index (χ1v) is 5.83. The topological polar surface area (TPSA) is 66.4 Å². The summed E-state index contributed by atoms with van der Waals surface area (Å²) < 4.78 is 0. The van der Waals surface area contributed by atoms with Crippen molar-refractivity contribution in [2.75, 3.05) is 6.54 Å². The van der Waals surface area contributed by atoms with Crippen molar-refractivity contribution in [3.8, 4) is 0 Å². The van der Waals surface area contributed by atoms with Gasteiger partial charge in [0.25, 0.3) is 5.91 Å². The number of carboxylic acids is 1. The molecule has 4 nitrogen and oxygen atoms in total. The van der Waals surface area contributed by atoms with Gasteiger partial charge in [-0.2, -0.15) is 0 Å². The van der Waals surface area contributed by atoms with Crippen LogP contribution in [0.25, 0.3) is 0 Å². The number of aryl methyl sites for hydroxylation is 2. The van der Waals surface area contributed by atoms with Crippen LogP contribution < -0.4 is 5.32 Å². The maximum Gasteiger partial charge on any atom is 0.310 e. The zero-order chi connectivity index (χ0) is 13.9. The van der Waals surface area contributed by atoms with Crippen molar-refractivity contribution in [2.24, 2.45) is 5.41 Å². The highest BCUT2D eigenvalue weighted by atomic mass is 16.4. The highest BCUT2D eigenvalue weighted by molar-refractivity contribution is 5.97. The van der Waals surface area contributed by atoms with Crippen molar-refractivity contribution >= 4 is 11.9 Å². The summed E-state index contributed by atoms with van der Waals surface area (Å²) in [5.41, 5.74) is 1.44. The van der Waals surface area contributed by atoms with Crippen molar-refractivity contribution in [1.82, 2.24) is 5.32 Å². The van der Waals surface area contributed by atoms with E-state index in [1.807, 2.05) is 32.0 Å². The number of carbonyl (C=O) groups is 2. The number of aliphatic carboxylic acids is 1. The van der Waals surface area contributed by atoms with Gasteiger partial charge in [0.05, 0.1) is 5.41 Å². The van der Waals surface area contributed by atoms with E-state index >= 15 is 0 Å². The molecule has 0 aromatic heterocycles. The molecule has 0 saturated carbocycles. The smallest absolute Gasteiger partial charge is 0.310 e. The maximum atomic E-state index is 12.1. The number of nitrogens with one attached hydrogen (secondary N) is 1. The average molecular weight is 249 g/mol. The van der Waals surface area contributed by atoms with E-state index in [2.05, 4.69) is 5.32 Å². The molecule has 0 aliphatic carbocycles. The molecule has 1 aromatic rings. The van der Waals surface area contributed by atoms with Crippen LogP contribution in [0.5, 0.6) is 0 Å². The van der Waals surface area contributed by atoms with Crippen molar-refractivity contribution in [3.63, 3.8) is 0 Å². The van der Waals surface area contributed by atoms with E-state index in [0.717, 1.165) is 11.1 Å². The molecule has 0 radical (unpaired) electrons. The Labute approximate surface area is 107 Å². The Bertz CT molecular complexity index is 458. The van der Waals surface area contributed by atoms with E-state index in [4.69, 9.17) is 5.11 Å². The normalized spacial score (nSPS) is 11.1. The fraction of sp³-hybridized carbons (Fsp3) is 0.429. The quantitative estimate of drug-likeness (QED) is 0.859. The van der Waals surface area contributed by atoms with Crippen molar-refractivity contribution in [2.45, 2.75) is 27.7 Å². The lowest BCUT2D eigenvalue weighted by Crippen LogP contribution is -2.39. The van der Waals surface area contributed by atoms with Crippen molar-refractivity contribution in [1.29, 1.82) is 0 Å². The van der Waals surface area contributed by atoms with Crippen molar-refractivity contribution in [3.05, 3.63) is 34.9 Å². The van der Waals surface area contributed by atoms with Crippen LogP contribution in [-0.4, -0.2) is 23.5 Å². The average Bonchev–Trinajstić information content (AvgIpc) is 2.26. The molecule has 0 aliphatic heterocycles. The second-order valence-electron chi connectivity index (χ2n) is 5.14. The SMILES string of the molecule is Cc1cccc(C)c1C(=O)NCC(C)(C)C(=O)O. The molecule has 1 amide bonds. The molecule has 0 unspecified atom stereocenters. The van der Waals surface area contributed by atoms with Gasteiger partial charge in [-0.05, 0) is 38.8 Å². The molecular formula is C14H19NO3. The summed E-state index contributed by atoms with van der Waals surface area (Å²) in [5, 5.41) is 11.7. The molecular weight excluding hydrogens is 230 g/mol. The molecule has 18 heavy (non-hydrogen) atoms. The number of amides is 1. The van der Waals surface area contributed by atoms with Crippen LogP contribution in [0, 0.1) is 19.3 Å². The summed E-state index contributed by atoms with van der Waals surface area (Å²) in [6, 6.07) is 5.62. The standard InChI is InChI=1S/C14H19NO3/c1-9-6-5-7-10(2)11(9)12(16)15-8-14(3,4)13(17)18/h5-7H,8H2,1-4H3,(H,15,16)(H,17,18). The molecule has 0 bridgehead atoms. The molecule has 2 N–H and O–H groups in total. The largest absolute Gasteiger partial charge is 0.481 e. The fourth-order valence-corrected chi connectivity index (χ4v) is 1.64. The summed E-state index contributed by atoms with van der Waals surface area (Å²) in [4.78, 5) is 23.0. The van der Waals surface area contributed by atoms with E-state index in [1.165, 1.54) is 0 Å². The van der Waals surface area contributed by atoms with Gasteiger partial charge in [-0.3, -0.25) is 9.59 Å². The summed E-state index contributed by atoms with van der Waals surface area (Å²) in [6.07, 6.45) is 0. The highest BCUT2D eigenvalue weighted by Crippen LogP contribution is 2.16. The summed E-state index contributed by atoms with van der Waals surface area (Å²) in [7, 11) is 0. The minimum absolute atomic E-state index is 0.106. The molecule has 1 aromatic carbocycles. The molecule has 0 heterocycles. The van der Waals surface area contributed by atoms with Crippen LogP contribution in [0.4, 0.5) is 0 Å². The first-order chi connectivity index (χ1) is 8.25. The Morgan fingerprint density at radius 3 is 2.17 bits per heavy atom. The van der Waals surface area contributed by atoms with Crippen LogP contribution in [0.1, 0.15) is 35.3 Å². The Morgan fingerprint density at radius 2 is 1.72 bits per heavy atom. The van der Waals surface area contributed by atoms with E-state index < -0.39 is 11.4 Å². The van der Waals surface area contributed by atoms with E-state index in [1.54, 1.807) is 13.8 Å². The second kappa shape index (κ2) is 5.21. The maximum absolute atomic E-state index is 12.1. The highest BCUT2D eigenvalue weighted by Gasteiger charge is 2.28. The van der Waals surface area contributed by atoms with E-state index in [9.17, 15) is 9.59 Å². The van der Waals surface area contributed by atoms with Crippen LogP contribution >= 0.6 is 0 Å². The Kier molecular flexibility index (Phi) is 4.11. The number of benzene rings is 1. The third-order valence-electron chi connectivity index (χ3n) is 2.98. The summed E-state index contributed by atoms with van der Waals surface area (Å²) in [5.74, 6) is -1.15. The Balaban J connectivity index is 2.82. The fourth-order valence-electron chi connectivity index (χ4n) is 1.64. The van der Waals surface area contributed by atoms with E-state index in [0.29, 0.717) is 5.56 Å². The monoisotopic (exact) mass is 249 g/mol. The first-order valence-electron chi connectivity index (χ1n) is 5.83. The third-order valence-corrected chi connectivity index (χ3v) is 2.98. The predicted octanol–water partition coefficient (Wildman–Crippen LogP) is 2.14. The van der Waals surface area contributed by atoms with Gasteiger partial charge < -0.3 is 10.4 Å². The number of hydrogen-bond acceptors (Lipinski definition) is 2. The molecule has 0 saturated heterocycles. The lowest BCUT2D eigenvalue weighted by atomic mass is 9.93. The van der Waals surface area contributed by atoms with Crippen LogP contribution in [0.3, 0.4) is 0 Å². The zero-order valence-electron chi connectivity index (χ0n) is 11.2. The van der Waals surface area contributed by atoms with E-state index in [-0.39, 0.29) is 12.5 Å². The van der Waals surface area contributed by atoms with Gasteiger partial charge in [0, 0.05) is 12.1 Å². The molecule has 0 fully saturated rings. The van der Waals surface area contributed by atoms with Gasteiger partial charge in [0.15, 0.2) is 0 Å². The molecule has 1 rings (SSSR count). The summed E-state index contributed by atoms with van der Waals surface area (Å²) in [6.45, 7) is 7.00. The van der Waals surface area contributed by atoms with Gasteiger partial charge in [-0.15, -0.1) is 0 Å². The van der Waals surface area contributed by atoms with Gasteiger partial charge >= 0.3 is 5.97 Å². The van der Waals surface area contributed by atoms with Gasteiger partial charge in [-0.1, -0.05) is 18.2 Å². The molecule has 0 spiro atoms. The number of carboxylic acid groups (broad SMARTS) is 1. The van der Waals surface area contributed by atoms with Gasteiger partial charge in [0.1, 0.15) is 0 Å². The lowest BCUT2D eigenvalue weighted by Gasteiger charge is -2.20. The predicted molar refractivity (Wildman–Crippen MR) is 69.7 cm³/mol. The molecule has 0 aliphatic rings. The Hall–Kier alpha value is -1.84. The first kappa shape index (κ1) is 14.2. The zero-order valence-corrected chi connectivity index (χ0v) is 11.2. The Morgan fingerprint density at radius 1 is 1.22 bits per heavy atom. The number of carbonyl (C=O) groups excluding carboxylic acids is 1. The van der Waals surface area contributed by atoms with Crippen LogP contribution in [0.15, 0.2) is 18.2 Å². The third kappa shape index (κ3) is 3.09. The van der Waals surface area contributed by atoms with Gasteiger partial charge in [-0.25, -0.2) is 0 Å². The van der Waals surface area contributed by atoms with Gasteiger partial charge in [0.2, 0.25) is 0 Å². The number of rotatable bonds is 4. The lowest BCUT2D eigenvalue weighted by molar-refractivity contribution is -0.146. The minimum Gasteiger partial charge on any atom is -0.481 e.